The van der Waals surface area contributed by atoms with Crippen LogP contribution >= 0.6 is 0 Å². The van der Waals surface area contributed by atoms with Crippen LogP contribution in [-0.4, -0.2) is 16.7 Å². The Morgan fingerprint density at radius 3 is 1.67 bits per heavy atom. The SMILES string of the molecule is CC(C)CC(C)(/N=N/C(C)(C)C)NNC(C)(C)C. The Balaban J connectivity index is 4.78. The molecule has 0 radical (unpaired) electrons. The molecule has 0 amide bonds. The molecule has 0 bridgehead atoms. The Hall–Kier alpha value is -0.480. The molecule has 0 aliphatic rings. The van der Waals surface area contributed by atoms with Gasteiger partial charge in [0.25, 0.3) is 0 Å². The molecule has 1 unspecified atom stereocenters. The van der Waals surface area contributed by atoms with Crippen molar-refractivity contribution in [1.82, 2.24) is 10.9 Å². The van der Waals surface area contributed by atoms with Gasteiger partial charge in [0.05, 0.1) is 5.54 Å². The normalized spacial score (nSPS) is 17.4. The molecule has 1 atom stereocenters. The van der Waals surface area contributed by atoms with Crippen molar-refractivity contribution < 1.29 is 0 Å². The minimum Gasteiger partial charge on any atom is -0.250 e. The van der Waals surface area contributed by atoms with Gasteiger partial charge in [-0.15, -0.1) is 0 Å². The molecular formula is C14H32N4. The average molecular weight is 256 g/mol. The van der Waals surface area contributed by atoms with Gasteiger partial charge in [-0.05, 0) is 60.8 Å². The van der Waals surface area contributed by atoms with E-state index in [0.29, 0.717) is 5.92 Å². The van der Waals surface area contributed by atoms with Crippen LogP contribution in [0.15, 0.2) is 10.2 Å². The van der Waals surface area contributed by atoms with Crippen molar-refractivity contribution in [3.05, 3.63) is 0 Å². The van der Waals surface area contributed by atoms with E-state index in [1.54, 1.807) is 0 Å². The largest absolute Gasteiger partial charge is 0.250 e. The fourth-order valence-electron chi connectivity index (χ4n) is 1.49. The summed E-state index contributed by atoms with van der Waals surface area (Å²) in [5.74, 6) is 0.559. The lowest BCUT2D eigenvalue weighted by molar-refractivity contribution is 0.207. The van der Waals surface area contributed by atoms with Gasteiger partial charge < -0.3 is 0 Å². The van der Waals surface area contributed by atoms with Crippen molar-refractivity contribution in [1.29, 1.82) is 0 Å². The van der Waals surface area contributed by atoms with Gasteiger partial charge in [-0.2, -0.15) is 10.2 Å². The molecular weight excluding hydrogens is 224 g/mol. The lowest BCUT2D eigenvalue weighted by Crippen LogP contribution is -2.56. The summed E-state index contributed by atoms with van der Waals surface area (Å²) < 4.78 is 0. The van der Waals surface area contributed by atoms with Crippen LogP contribution in [0.2, 0.25) is 0 Å². The van der Waals surface area contributed by atoms with Crippen molar-refractivity contribution in [2.45, 2.75) is 85.5 Å². The van der Waals surface area contributed by atoms with E-state index in [-0.39, 0.29) is 16.7 Å². The topological polar surface area (TPSA) is 48.8 Å². The first-order valence-corrected chi connectivity index (χ1v) is 6.81. The predicted molar refractivity (Wildman–Crippen MR) is 78.5 cm³/mol. The van der Waals surface area contributed by atoms with Gasteiger partial charge in [0.2, 0.25) is 0 Å². The molecule has 0 heterocycles. The molecule has 0 saturated heterocycles. The highest BCUT2D eigenvalue weighted by Gasteiger charge is 2.27. The summed E-state index contributed by atoms with van der Waals surface area (Å²) in [6.07, 6.45) is 0.940. The monoisotopic (exact) mass is 256 g/mol. The summed E-state index contributed by atoms with van der Waals surface area (Å²) in [7, 11) is 0. The van der Waals surface area contributed by atoms with Crippen molar-refractivity contribution in [2.75, 3.05) is 0 Å². The van der Waals surface area contributed by atoms with Crippen LogP contribution in [0, 0.1) is 5.92 Å². The first-order chi connectivity index (χ1) is 7.83. The van der Waals surface area contributed by atoms with Crippen molar-refractivity contribution >= 4 is 0 Å². The van der Waals surface area contributed by atoms with Crippen molar-refractivity contribution in [3.8, 4) is 0 Å². The third kappa shape index (κ3) is 9.54. The Kier molecular flexibility index (Phi) is 5.95. The van der Waals surface area contributed by atoms with Gasteiger partial charge in [0, 0.05) is 5.54 Å². The predicted octanol–water partition coefficient (Wildman–Crippen LogP) is 3.89. The van der Waals surface area contributed by atoms with E-state index in [0.717, 1.165) is 6.42 Å². The molecule has 0 spiro atoms. The van der Waals surface area contributed by atoms with Gasteiger partial charge in [0.1, 0.15) is 5.66 Å². The van der Waals surface area contributed by atoms with Crippen LogP contribution in [0.5, 0.6) is 0 Å². The summed E-state index contributed by atoms with van der Waals surface area (Å²) in [4.78, 5) is 0. The molecule has 0 saturated carbocycles. The molecule has 0 aromatic carbocycles. The Bertz CT molecular complexity index is 270. The van der Waals surface area contributed by atoms with E-state index in [1.807, 2.05) is 0 Å². The summed E-state index contributed by atoms with van der Waals surface area (Å²) in [6.45, 7) is 19.0. The number of azo groups is 1. The fraction of sp³-hybridized carbons (Fsp3) is 1.00. The molecule has 4 heteroatoms. The molecule has 4 nitrogen and oxygen atoms in total. The second-order valence-corrected chi connectivity index (χ2v) is 7.74. The van der Waals surface area contributed by atoms with E-state index in [2.05, 4.69) is 83.4 Å². The minimum atomic E-state index is -0.366. The van der Waals surface area contributed by atoms with Gasteiger partial charge in [-0.25, -0.2) is 5.43 Å². The fourth-order valence-corrected chi connectivity index (χ4v) is 1.49. The Morgan fingerprint density at radius 2 is 1.33 bits per heavy atom. The molecule has 0 aliphatic heterocycles. The van der Waals surface area contributed by atoms with Gasteiger partial charge >= 0.3 is 0 Å². The standard InChI is InChI=1S/C14H32N4/c1-11(2)10-14(9,17-15-12(3,4)5)18-16-13(6,7)8/h11,15,17H,10H2,1-9H3/b18-16+. The molecule has 0 aliphatic carbocycles. The van der Waals surface area contributed by atoms with Crippen LogP contribution in [0.4, 0.5) is 0 Å². The second kappa shape index (κ2) is 6.11. The van der Waals surface area contributed by atoms with Crippen LogP contribution < -0.4 is 10.9 Å². The first kappa shape index (κ1) is 17.5. The van der Waals surface area contributed by atoms with Crippen LogP contribution in [0.25, 0.3) is 0 Å². The molecule has 108 valence electrons. The summed E-state index contributed by atoms with van der Waals surface area (Å²) in [5, 5.41) is 8.93. The van der Waals surface area contributed by atoms with Crippen LogP contribution in [0.1, 0.15) is 68.7 Å². The average Bonchev–Trinajstić information content (AvgIpc) is 2.09. The van der Waals surface area contributed by atoms with E-state index < -0.39 is 0 Å². The number of nitrogens with zero attached hydrogens (tertiary/aromatic N) is 2. The first-order valence-electron chi connectivity index (χ1n) is 6.81. The Labute approximate surface area is 113 Å². The zero-order chi connectivity index (χ0) is 14.6. The number of nitrogens with one attached hydrogen (secondary N) is 2. The van der Waals surface area contributed by atoms with E-state index in [4.69, 9.17) is 0 Å². The maximum atomic E-state index is 4.52. The molecule has 0 fully saturated rings. The summed E-state index contributed by atoms with van der Waals surface area (Å²) in [6, 6.07) is 0. The maximum Gasteiger partial charge on any atom is 0.141 e. The van der Waals surface area contributed by atoms with E-state index in [9.17, 15) is 0 Å². The van der Waals surface area contributed by atoms with Crippen molar-refractivity contribution in [2.24, 2.45) is 16.1 Å². The molecule has 0 aromatic heterocycles. The lowest BCUT2D eigenvalue weighted by atomic mass is 10.00. The number of hydrogen-bond donors (Lipinski definition) is 2. The smallest absolute Gasteiger partial charge is 0.141 e. The van der Waals surface area contributed by atoms with E-state index in [1.165, 1.54) is 0 Å². The number of hydrazine groups is 1. The zero-order valence-corrected chi connectivity index (χ0v) is 13.7. The molecule has 0 aromatic rings. The zero-order valence-electron chi connectivity index (χ0n) is 13.7. The van der Waals surface area contributed by atoms with Gasteiger partial charge in [-0.3, -0.25) is 5.43 Å². The van der Waals surface area contributed by atoms with E-state index >= 15 is 0 Å². The van der Waals surface area contributed by atoms with Gasteiger partial charge in [0.15, 0.2) is 0 Å². The second-order valence-electron chi connectivity index (χ2n) is 7.74. The molecule has 2 N–H and O–H groups in total. The number of hydrogen-bond acceptors (Lipinski definition) is 4. The van der Waals surface area contributed by atoms with Crippen LogP contribution in [0.3, 0.4) is 0 Å². The summed E-state index contributed by atoms with van der Waals surface area (Å²) in [5.41, 5.74) is 6.14. The molecule has 18 heavy (non-hydrogen) atoms. The highest BCUT2D eigenvalue weighted by atomic mass is 15.5. The summed E-state index contributed by atoms with van der Waals surface area (Å²) >= 11 is 0. The molecule has 0 rings (SSSR count). The minimum absolute atomic E-state index is 0.00942. The van der Waals surface area contributed by atoms with Crippen molar-refractivity contribution in [3.63, 3.8) is 0 Å². The Morgan fingerprint density at radius 1 is 0.833 bits per heavy atom. The van der Waals surface area contributed by atoms with Gasteiger partial charge in [-0.1, -0.05) is 13.8 Å². The lowest BCUT2D eigenvalue weighted by Gasteiger charge is -2.33. The highest BCUT2D eigenvalue weighted by molar-refractivity contribution is 4.82. The third-order valence-electron chi connectivity index (χ3n) is 2.08. The third-order valence-corrected chi connectivity index (χ3v) is 2.08. The maximum absolute atomic E-state index is 4.52. The van der Waals surface area contributed by atoms with Crippen LogP contribution in [-0.2, 0) is 0 Å². The quantitative estimate of drug-likeness (QED) is 0.579. The number of rotatable bonds is 5. The highest BCUT2D eigenvalue weighted by Crippen LogP contribution is 2.20.